The van der Waals surface area contributed by atoms with Gasteiger partial charge in [0.1, 0.15) is 11.5 Å². The topological polar surface area (TPSA) is 89.9 Å². The number of ether oxygens (including phenoxy) is 2. The lowest BCUT2D eigenvalue weighted by atomic mass is 9.98. The molecule has 1 saturated heterocycles. The zero-order chi connectivity index (χ0) is 24.3. The highest BCUT2D eigenvalue weighted by atomic mass is 32.2. The Labute approximate surface area is 200 Å². The monoisotopic (exact) mass is 485 g/mol. The van der Waals surface area contributed by atoms with E-state index >= 15 is 0 Å². The number of aromatic nitrogens is 1. The first kappa shape index (κ1) is 24.1. The second-order valence-corrected chi connectivity index (χ2v) is 10.4. The van der Waals surface area contributed by atoms with E-state index in [4.69, 9.17) is 9.47 Å². The van der Waals surface area contributed by atoms with Gasteiger partial charge >= 0.3 is 0 Å². The smallest absolute Gasteiger partial charge is 0.243 e. The molecule has 1 amide bonds. The average molecular weight is 486 g/mol. The van der Waals surface area contributed by atoms with E-state index < -0.39 is 15.9 Å². The maximum Gasteiger partial charge on any atom is 0.243 e. The lowest BCUT2D eigenvalue weighted by Crippen LogP contribution is -2.45. The van der Waals surface area contributed by atoms with E-state index in [2.05, 4.69) is 9.88 Å². The lowest BCUT2D eigenvalue weighted by Gasteiger charge is -2.31. The van der Waals surface area contributed by atoms with Crippen LogP contribution in [0.15, 0.2) is 53.6 Å². The SMILES string of the molecule is CCn1ccc2cc(S(=O)(=O)N3CCC[C@H](C(=O)NCc4cc(OC)ccc4OC)C3)ccc21. The minimum absolute atomic E-state index is 0.164. The van der Waals surface area contributed by atoms with E-state index in [-0.39, 0.29) is 23.9 Å². The number of hydrogen-bond acceptors (Lipinski definition) is 5. The van der Waals surface area contributed by atoms with Crippen molar-refractivity contribution in [1.29, 1.82) is 0 Å². The molecule has 182 valence electrons. The maximum atomic E-state index is 13.4. The first-order valence-electron chi connectivity index (χ1n) is 11.4. The van der Waals surface area contributed by atoms with Crippen LogP contribution in [0.1, 0.15) is 25.3 Å². The van der Waals surface area contributed by atoms with Crippen molar-refractivity contribution in [2.75, 3.05) is 27.3 Å². The molecule has 8 nitrogen and oxygen atoms in total. The number of aryl methyl sites for hydroxylation is 1. The lowest BCUT2D eigenvalue weighted by molar-refractivity contribution is -0.126. The Bertz CT molecular complexity index is 1280. The zero-order valence-electron chi connectivity index (χ0n) is 19.8. The van der Waals surface area contributed by atoms with Gasteiger partial charge in [0, 0.05) is 48.8 Å². The summed E-state index contributed by atoms with van der Waals surface area (Å²) in [4.78, 5) is 13.2. The molecule has 4 rings (SSSR count). The van der Waals surface area contributed by atoms with Gasteiger partial charge in [-0.15, -0.1) is 0 Å². The first-order valence-corrected chi connectivity index (χ1v) is 12.9. The molecule has 2 aromatic carbocycles. The van der Waals surface area contributed by atoms with Crippen LogP contribution in [0.5, 0.6) is 11.5 Å². The summed E-state index contributed by atoms with van der Waals surface area (Å²) in [6.45, 7) is 3.71. The third-order valence-corrected chi connectivity index (χ3v) is 8.28. The number of methoxy groups -OCH3 is 2. The summed E-state index contributed by atoms with van der Waals surface area (Å²) in [7, 11) is -0.540. The van der Waals surface area contributed by atoms with E-state index in [0.717, 1.165) is 23.0 Å². The van der Waals surface area contributed by atoms with Crippen molar-refractivity contribution in [2.24, 2.45) is 5.92 Å². The van der Waals surface area contributed by atoms with Gasteiger partial charge in [0.2, 0.25) is 15.9 Å². The number of amides is 1. The number of sulfonamides is 1. The fraction of sp³-hybridized carbons (Fsp3) is 0.400. The van der Waals surface area contributed by atoms with Crippen molar-refractivity contribution in [3.8, 4) is 11.5 Å². The molecular formula is C25H31N3O5S. The number of nitrogens with zero attached hydrogens (tertiary/aromatic N) is 2. The number of piperidine rings is 1. The predicted molar refractivity (Wildman–Crippen MR) is 130 cm³/mol. The largest absolute Gasteiger partial charge is 0.497 e. The number of nitrogens with one attached hydrogen (secondary N) is 1. The Morgan fingerprint density at radius 2 is 1.94 bits per heavy atom. The third kappa shape index (κ3) is 4.76. The number of benzene rings is 2. The Kier molecular flexibility index (Phi) is 7.13. The van der Waals surface area contributed by atoms with Gasteiger partial charge in [-0.25, -0.2) is 8.42 Å². The van der Waals surface area contributed by atoms with Gasteiger partial charge in [-0.05, 0) is 62.2 Å². The van der Waals surface area contributed by atoms with Gasteiger partial charge in [0.15, 0.2) is 0 Å². The molecule has 2 heterocycles. The maximum absolute atomic E-state index is 13.4. The fourth-order valence-electron chi connectivity index (χ4n) is 4.48. The highest BCUT2D eigenvalue weighted by Crippen LogP contribution is 2.28. The Balaban J connectivity index is 1.46. The summed E-state index contributed by atoms with van der Waals surface area (Å²) in [6, 6.07) is 12.6. The molecule has 3 aromatic rings. The molecule has 0 unspecified atom stereocenters. The number of carbonyl (C=O) groups is 1. The summed E-state index contributed by atoms with van der Waals surface area (Å²) in [5.74, 6) is 0.748. The summed E-state index contributed by atoms with van der Waals surface area (Å²) in [5.41, 5.74) is 1.80. The molecule has 0 bridgehead atoms. The average Bonchev–Trinajstić information content (AvgIpc) is 3.29. The third-order valence-electron chi connectivity index (χ3n) is 6.42. The summed E-state index contributed by atoms with van der Waals surface area (Å²) >= 11 is 0. The number of rotatable bonds is 8. The van der Waals surface area contributed by atoms with E-state index in [1.54, 1.807) is 38.5 Å². The molecule has 1 fully saturated rings. The normalized spacial score (nSPS) is 17.0. The van der Waals surface area contributed by atoms with Gasteiger partial charge in [-0.3, -0.25) is 4.79 Å². The van der Waals surface area contributed by atoms with Crippen LogP contribution in [0.4, 0.5) is 0 Å². The highest BCUT2D eigenvalue weighted by molar-refractivity contribution is 7.89. The molecule has 1 aliphatic rings. The Morgan fingerprint density at radius 3 is 2.68 bits per heavy atom. The van der Waals surface area contributed by atoms with Crippen molar-refractivity contribution in [2.45, 2.75) is 37.8 Å². The second kappa shape index (κ2) is 10.1. The molecule has 1 aromatic heterocycles. The van der Waals surface area contributed by atoms with Crippen LogP contribution in [0, 0.1) is 5.92 Å². The molecule has 9 heteroatoms. The molecular weight excluding hydrogens is 454 g/mol. The summed E-state index contributed by atoms with van der Waals surface area (Å²) in [5, 5.41) is 3.83. The van der Waals surface area contributed by atoms with Crippen molar-refractivity contribution in [1.82, 2.24) is 14.2 Å². The zero-order valence-corrected chi connectivity index (χ0v) is 20.6. The standard InChI is InChI=1S/C25H31N3O5S/c1-4-27-13-11-18-15-22(8-9-23(18)27)34(30,31)28-12-5-6-19(17-28)25(29)26-16-20-14-21(32-2)7-10-24(20)33-3/h7-11,13-15,19H,4-6,12,16-17H2,1-3H3,(H,26,29)/t19-/m0/s1. The molecule has 0 radical (unpaired) electrons. The van der Waals surface area contributed by atoms with Crippen molar-refractivity contribution < 1.29 is 22.7 Å². The van der Waals surface area contributed by atoms with Crippen molar-refractivity contribution in [3.05, 3.63) is 54.2 Å². The summed E-state index contributed by atoms with van der Waals surface area (Å²) in [6.07, 6.45) is 3.24. The first-order chi connectivity index (χ1) is 16.4. The van der Waals surface area contributed by atoms with Crippen LogP contribution >= 0.6 is 0 Å². The number of hydrogen-bond donors (Lipinski definition) is 1. The number of carbonyl (C=O) groups excluding carboxylic acids is 1. The molecule has 0 aliphatic carbocycles. The van der Waals surface area contributed by atoms with E-state index in [9.17, 15) is 13.2 Å². The fourth-order valence-corrected chi connectivity index (χ4v) is 6.04. The van der Waals surface area contributed by atoms with E-state index in [0.29, 0.717) is 30.9 Å². The summed E-state index contributed by atoms with van der Waals surface area (Å²) < 4.78 is 40.9. The molecule has 34 heavy (non-hydrogen) atoms. The predicted octanol–water partition coefficient (Wildman–Crippen LogP) is 3.40. The quantitative estimate of drug-likeness (QED) is 0.528. The molecule has 1 N–H and O–H groups in total. The van der Waals surface area contributed by atoms with Crippen LogP contribution in [-0.2, 0) is 27.9 Å². The van der Waals surface area contributed by atoms with Crippen molar-refractivity contribution >= 4 is 26.8 Å². The van der Waals surface area contributed by atoms with Gasteiger partial charge in [0.05, 0.1) is 25.0 Å². The van der Waals surface area contributed by atoms with Crippen LogP contribution in [0.2, 0.25) is 0 Å². The minimum atomic E-state index is -3.70. The molecule has 1 atom stereocenters. The van der Waals surface area contributed by atoms with Gasteiger partial charge in [0.25, 0.3) is 0 Å². The van der Waals surface area contributed by atoms with Gasteiger partial charge in [-0.2, -0.15) is 4.31 Å². The molecule has 0 spiro atoms. The minimum Gasteiger partial charge on any atom is -0.497 e. The van der Waals surface area contributed by atoms with E-state index in [1.807, 2.05) is 31.3 Å². The van der Waals surface area contributed by atoms with Crippen LogP contribution < -0.4 is 14.8 Å². The van der Waals surface area contributed by atoms with Gasteiger partial charge in [-0.1, -0.05) is 0 Å². The van der Waals surface area contributed by atoms with Crippen molar-refractivity contribution in [3.63, 3.8) is 0 Å². The van der Waals surface area contributed by atoms with Crippen LogP contribution in [0.3, 0.4) is 0 Å². The molecule has 0 saturated carbocycles. The Hall–Kier alpha value is -3.04. The van der Waals surface area contributed by atoms with Crippen LogP contribution in [-0.4, -0.2) is 50.5 Å². The van der Waals surface area contributed by atoms with Gasteiger partial charge < -0.3 is 19.4 Å². The highest BCUT2D eigenvalue weighted by Gasteiger charge is 2.33. The number of fused-ring (bicyclic) bond motifs is 1. The second-order valence-electron chi connectivity index (χ2n) is 8.42. The Morgan fingerprint density at radius 1 is 1.12 bits per heavy atom. The molecule has 1 aliphatic heterocycles. The van der Waals surface area contributed by atoms with E-state index in [1.165, 1.54) is 4.31 Å². The van der Waals surface area contributed by atoms with Crippen LogP contribution in [0.25, 0.3) is 10.9 Å².